The van der Waals surface area contributed by atoms with Crippen LogP contribution in [0, 0.1) is 25.2 Å². The second-order valence-electron chi connectivity index (χ2n) is 5.01. The van der Waals surface area contributed by atoms with Gasteiger partial charge >= 0.3 is 0 Å². The predicted molar refractivity (Wildman–Crippen MR) is 71.2 cm³/mol. The fourth-order valence-electron chi connectivity index (χ4n) is 2.69. The van der Waals surface area contributed by atoms with E-state index in [-0.39, 0.29) is 0 Å². The molecule has 1 fully saturated rings. The van der Waals surface area contributed by atoms with Crippen LogP contribution in [0.25, 0.3) is 0 Å². The fraction of sp³-hybridized carbons (Fsp3) is 0.643. The van der Waals surface area contributed by atoms with Crippen molar-refractivity contribution >= 4 is 5.82 Å². The fourth-order valence-corrected chi connectivity index (χ4v) is 2.69. The van der Waals surface area contributed by atoms with E-state index in [9.17, 15) is 0 Å². The van der Waals surface area contributed by atoms with Gasteiger partial charge in [0.15, 0.2) is 0 Å². The summed E-state index contributed by atoms with van der Waals surface area (Å²) in [5, 5.41) is 9.06. The molecule has 0 aliphatic heterocycles. The third-order valence-electron chi connectivity index (χ3n) is 3.95. The second kappa shape index (κ2) is 5.45. The van der Waals surface area contributed by atoms with Gasteiger partial charge < -0.3 is 15.0 Å². The van der Waals surface area contributed by atoms with Gasteiger partial charge in [-0.05, 0) is 32.3 Å². The zero-order valence-corrected chi connectivity index (χ0v) is 11.2. The van der Waals surface area contributed by atoms with Crippen molar-refractivity contribution in [3.05, 3.63) is 16.8 Å². The lowest BCUT2D eigenvalue weighted by atomic mass is 10.2. The molecular formula is C14H21N3O. The van der Waals surface area contributed by atoms with Gasteiger partial charge in [0.25, 0.3) is 0 Å². The van der Waals surface area contributed by atoms with Crippen LogP contribution in [0.5, 0.6) is 0 Å². The molecule has 1 aliphatic carbocycles. The van der Waals surface area contributed by atoms with E-state index in [0.717, 1.165) is 17.8 Å². The topological polar surface area (TPSA) is 64.0 Å². The smallest absolute Gasteiger partial charge is 0.122 e. The molecule has 1 saturated carbocycles. The molecule has 2 N–H and O–H groups in total. The molecule has 0 radical (unpaired) electrons. The summed E-state index contributed by atoms with van der Waals surface area (Å²) in [6.45, 7) is 5.35. The lowest BCUT2D eigenvalue weighted by molar-refractivity contribution is 0.0530. The monoisotopic (exact) mass is 247 g/mol. The number of hydrogen-bond acceptors (Lipinski definition) is 3. The van der Waals surface area contributed by atoms with Crippen LogP contribution in [0.1, 0.15) is 42.5 Å². The number of nitrogens with two attached hydrogens (primary N) is 1. The van der Waals surface area contributed by atoms with E-state index in [1.54, 1.807) is 0 Å². The Morgan fingerprint density at radius 3 is 2.61 bits per heavy atom. The number of anilines is 1. The normalized spacial score (nSPS) is 16.1. The molecular weight excluding hydrogens is 226 g/mol. The number of nitriles is 1. The molecule has 0 saturated heterocycles. The van der Waals surface area contributed by atoms with Crippen LogP contribution in [0.15, 0.2) is 0 Å². The number of aromatic nitrogens is 1. The van der Waals surface area contributed by atoms with Crippen molar-refractivity contribution < 1.29 is 4.74 Å². The minimum Gasteiger partial charge on any atom is -0.384 e. The van der Waals surface area contributed by atoms with Crippen molar-refractivity contribution in [2.75, 3.05) is 12.3 Å². The van der Waals surface area contributed by atoms with Crippen molar-refractivity contribution in [1.82, 2.24) is 4.57 Å². The SMILES string of the molecule is Cc1c(C#N)c(N)n(CCOC2CCCC2)c1C. The molecule has 0 bridgehead atoms. The standard InChI is InChI=1S/C14H21N3O/c1-10-11(2)17(14(16)13(10)9-15)7-8-18-12-5-3-4-6-12/h12H,3-8,16H2,1-2H3. The van der Waals surface area contributed by atoms with Gasteiger partial charge in [-0.1, -0.05) is 12.8 Å². The number of nitrogen functional groups attached to an aromatic ring is 1. The Hall–Kier alpha value is -1.47. The first-order valence-electron chi connectivity index (χ1n) is 6.62. The van der Waals surface area contributed by atoms with Crippen LogP contribution >= 0.6 is 0 Å². The lowest BCUT2D eigenvalue weighted by Crippen LogP contribution is -2.15. The molecule has 4 nitrogen and oxygen atoms in total. The Balaban J connectivity index is 1.99. The molecule has 1 aliphatic rings. The molecule has 0 atom stereocenters. The second-order valence-corrected chi connectivity index (χ2v) is 5.01. The van der Waals surface area contributed by atoms with Gasteiger partial charge in [-0.25, -0.2) is 0 Å². The molecule has 1 heterocycles. The molecule has 0 aromatic carbocycles. The average molecular weight is 247 g/mol. The quantitative estimate of drug-likeness (QED) is 0.889. The van der Waals surface area contributed by atoms with Crippen LogP contribution in [0.2, 0.25) is 0 Å². The zero-order valence-electron chi connectivity index (χ0n) is 11.2. The molecule has 0 spiro atoms. The molecule has 0 amide bonds. The van der Waals surface area contributed by atoms with E-state index in [4.69, 9.17) is 15.7 Å². The molecule has 1 aromatic heterocycles. The minimum absolute atomic E-state index is 0.429. The summed E-state index contributed by atoms with van der Waals surface area (Å²) in [5.74, 6) is 0.572. The number of rotatable bonds is 4. The lowest BCUT2D eigenvalue weighted by Gasteiger charge is -2.13. The molecule has 1 aromatic rings. The van der Waals surface area contributed by atoms with Crippen LogP contribution in [0.3, 0.4) is 0 Å². The Bertz CT molecular complexity index is 464. The van der Waals surface area contributed by atoms with Crippen LogP contribution in [-0.4, -0.2) is 17.3 Å². The van der Waals surface area contributed by atoms with Crippen molar-refractivity contribution in [1.29, 1.82) is 5.26 Å². The van der Waals surface area contributed by atoms with E-state index in [0.29, 0.717) is 24.1 Å². The third kappa shape index (κ3) is 2.37. The summed E-state index contributed by atoms with van der Waals surface area (Å²) in [7, 11) is 0. The van der Waals surface area contributed by atoms with Crippen molar-refractivity contribution in [2.45, 2.75) is 52.2 Å². The van der Waals surface area contributed by atoms with Gasteiger partial charge in [-0.3, -0.25) is 0 Å². The van der Waals surface area contributed by atoms with Gasteiger partial charge in [-0.2, -0.15) is 5.26 Å². The van der Waals surface area contributed by atoms with E-state index >= 15 is 0 Å². The molecule has 4 heteroatoms. The zero-order chi connectivity index (χ0) is 13.1. The van der Waals surface area contributed by atoms with Gasteiger partial charge in [-0.15, -0.1) is 0 Å². The Morgan fingerprint density at radius 1 is 1.39 bits per heavy atom. The maximum Gasteiger partial charge on any atom is 0.122 e. The number of hydrogen-bond donors (Lipinski definition) is 1. The Kier molecular flexibility index (Phi) is 3.93. The van der Waals surface area contributed by atoms with E-state index in [1.807, 2.05) is 18.4 Å². The summed E-state index contributed by atoms with van der Waals surface area (Å²) in [6.07, 6.45) is 5.37. The van der Waals surface area contributed by atoms with Gasteiger partial charge in [0.05, 0.1) is 18.3 Å². The van der Waals surface area contributed by atoms with E-state index < -0.39 is 0 Å². The largest absolute Gasteiger partial charge is 0.384 e. The van der Waals surface area contributed by atoms with Crippen molar-refractivity contribution in [3.8, 4) is 6.07 Å². The summed E-state index contributed by atoms with van der Waals surface area (Å²) in [6, 6.07) is 2.17. The highest BCUT2D eigenvalue weighted by Gasteiger charge is 2.17. The maximum absolute atomic E-state index is 9.06. The molecule has 98 valence electrons. The van der Waals surface area contributed by atoms with Gasteiger partial charge in [0.1, 0.15) is 11.9 Å². The van der Waals surface area contributed by atoms with Crippen molar-refractivity contribution in [3.63, 3.8) is 0 Å². The predicted octanol–water partition coefficient (Wildman–Crippen LogP) is 2.52. The van der Waals surface area contributed by atoms with Crippen molar-refractivity contribution in [2.24, 2.45) is 0 Å². The average Bonchev–Trinajstić information content (AvgIpc) is 2.93. The highest BCUT2D eigenvalue weighted by molar-refractivity contribution is 5.57. The third-order valence-corrected chi connectivity index (χ3v) is 3.95. The highest BCUT2D eigenvalue weighted by Crippen LogP contribution is 2.24. The van der Waals surface area contributed by atoms with Gasteiger partial charge in [0.2, 0.25) is 0 Å². The molecule has 18 heavy (non-hydrogen) atoms. The minimum atomic E-state index is 0.429. The summed E-state index contributed by atoms with van der Waals surface area (Å²) in [5.41, 5.74) is 8.65. The number of ether oxygens (including phenoxy) is 1. The molecule has 2 rings (SSSR count). The first kappa shape index (κ1) is 13.0. The summed E-state index contributed by atoms with van der Waals surface area (Å²) >= 11 is 0. The number of nitrogens with zero attached hydrogens (tertiary/aromatic N) is 2. The first-order chi connectivity index (χ1) is 8.65. The van der Waals surface area contributed by atoms with E-state index in [2.05, 4.69) is 6.07 Å². The van der Waals surface area contributed by atoms with Crippen LogP contribution < -0.4 is 5.73 Å². The molecule has 0 unspecified atom stereocenters. The van der Waals surface area contributed by atoms with Gasteiger partial charge in [0, 0.05) is 12.2 Å². The van der Waals surface area contributed by atoms with Crippen LogP contribution in [0.4, 0.5) is 5.82 Å². The van der Waals surface area contributed by atoms with E-state index in [1.165, 1.54) is 25.7 Å². The Morgan fingerprint density at radius 2 is 2.06 bits per heavy atom. The van der Waals surface area contributed by atoms with Crippen LogP contribution in [-0.2, 0) is 11.3 Å². The Labute approximate surface area is 108 Å². The highest BCUT2D eigenvalue weighted by atomic mass is 16.5. The summed E-state index contributed by atoms with van der Waals surface area (Å²) in [4.78, 5) is 0. The maximum atomic E-state index is 9.06. The summed E-state index contributed by atoms with van der Waals surface area (Å²) < 4.78 is 7.83. The first-order valence-corrected chi connectivity index (χ1v) is 6.62.